The van der Waals surface area contributed by atoms with Crippen LogP contribution in [0.1, 0.15) is 17.0 Å². The molecule has 8 heteroatoms. The summed E-state index contributed by atoms with van der Waals surface area (Å²) in [5.41, 5.74) is 3.64. The van der Waals surface area contributed by atoms with E-state index in [1.165, 1.54) is 17.0 Å². The molecule has 4 rings (SSSR count). The van der Waals surface area contributed by atoms with Gasteiger partial charge in [-0.1, -0.05) is 0 Å². The molecule has 7 nitrogen and oxygen atoms in total. The van der Waals surface area contributed by atoms with E-state index in [-0.39, 0.29) is 11.8 Å². The summed E-state index contributed by atoms with van der Waals surface area (Å²) in [4.78, 5) is 20.0. The van der Waals surface area contributed by atoms with Crippen molar-refractivity contribution in [2.45, 2.75) is 26.6 Å². The Bertz CT molecular complexity index is 1040. The number of aromatic nitrogens is 3. The van der Waals surface area contributed by atoms with Crippen molar-refractivity contribution in [2.75, 3.05) is 25.5 Å². The predicted molar refractivity (Wildman–Crippen MR) is 106 cm³/mol. The predicted octanol–water partition coefficient (Wildman–Crippen LogP) is 2.67. The number of aryl methyl sites for hydroxylation is 1. The monoisotopic (exact) mass is 382 g/mol. The number of rotatable bonds is 3. The Morgan fingerprint density at radius 1 is 1.25 bits per heavy atom. The summed E-state index contributed by atoms with van der Waals surface area (Å²) in [7, 11) is 3.41. The van der Waals surface area contributed by atoms with E-state index in [9.17, 15) is 9.18 Å². The average molecular weight is 382 g/mol. The van der Waals surface area contributed by atoms with Crippen molar-refractivity contribution in [3.8, 4) is 0 Å². The number of amides is 2. The van der Waals surface area contributed by atoms with Crippen molar-refractivity contribution in [1.29, 1.82) is 0 Å². The summed E-state index contributed by atoms with van der Waals surface area (Å²) in [5, 5.41) is 8.37. The number of carbonyl (C=O) groups excluding carboxylic acids is 1. The van der Waals surface area contributed by atoms with Crippen LogP contribution in [-0.2, 0) is 19.6 Å². The molecule has 3 aromatic rings. The number of nitrogens with zero attached hydrogens (tertiary/aromatic N) is 5. The van der Waals surface area contributed by atoms with Gasteiger partial charge in [-0.25, -0.2) is 14.2 Å². The first-order valence-corrected chi connectivity index (χ1v) is 9.23. The van der Waals surface area contributed by atoms with Gasteiger partial charge in [0.1, 0.15) is 11.6 Å². The molecular formula is C20H23FN6O. The number of urea groups is 1. The Morgan fingerprint density at radius 3 is 2.86 bits per heavy atom. The van der Waals surface area contributed by atoms with E-state index < -0.39 is 0 Å². The third-order valence-corrected chi connectivity index (χ3v) is 4.96. The lowest BCUT2D eigenvalue weighted by Crippen LogP contribution is -2.34. The molecule has 1 aliphatic heterocycles. The fraction of sp³-hybridized carbons (Fsp3) is 0.350. The summed E-state index contributed by atoms with van der Waals surface area (Å²) in [6, 6.07) is 8.63. The van der Waals surface area contributed by atoms with E-state index in [0.717, 1.165) is 41.2 Å². The molecule has 1 N–H and O–H groups in total. The zero-order chi connectivity index (χ0) is 19.8. The van der Waals surface area contributed by atoms with Crippen LogP contribution in [0.4, 0.5) is 15.0 Å². The molecule has 1 aliphatic rings. The second-order valence-electron chi connectivity index (χ2n) is 7.28. The van der Waals surface area contributed by atoms with Gasteiger partial charge in [0.15, 0.2) is 0 Å². The minimum absolute atomic E-state index is 0.143. The molecule has 0 saturated heterocycles. The summed E-state index contributed by atoms with van der Waals surface area (Å²) in [6.45, 7) is 4.58. The molecule has 1 aromatic carbocycles. The van der Waals surface area contributed by atoms with Crippen molar-refractivity contribution in [1.82, 2.24) is 25.0 Å². The Kier molecular flexibility index (Phi) is 4.62. The maximum atomic E-state index is 13.6. The largest absolute Gasteiger partial charge is 0.349 e. The van der Waals surface area contributed by atoms with E-state index in [1.54, 1.807) is 20.2 Å². The molecule has 2 amide bonds. The minimum atomic E-state index is -0.280. The number of nitrogens with one attached hydrogen (secondary N) is 1. The molecule has 3 heterocycles. The fourth-order valence-corrected chi connectivity index (χ4v) is 3.45. The molecule has 0 aliphatic carbocycles. The van der Waals surface area contributed by atoms with Crippen LogP contribution in [0, 0.1) is 12.7 Å². The number of fused-ring (bicyclic) bond motifs is 2. The highest BCUT2D eigenvalue weighted by Gasteiger charge is 2.20. The third kappa shape index (κ3) is 3.49. The number of hydrogen-bond donors (Lipinski definition) is 1. The fourth-order valence-electron chi connectivity index (χ4n) is 3.45. The first-order valence-electron chi connectivity index (χ1n) is 9.23. The highest BCUT2D eigenvalue weighted by Crippen LogP contribution is 2.26. The maximum absolute atomic E-state index is 13.6. The number of carbonyl (C=O) groups is 1. The molecule has 0 spiro atoms. The molecule has 0 fully saturated rings. The van der Waals surface area contributed by atoms with Gasteiger partial charge in [0.25, 0.3) is 0 Å². The van der Waals surface area contributed by atoms with Crippen LogP contribution in [0.25, 0.3) is 10.9 Å². The molecule has 28 heavy (non-hydrogen) atoms. The van der Waals surface area contributed by atoms with Crippen LogP contribution in [0.15, 0.2) is 30.3 Å². The van der Waals surface area contributed by atoms with E-state index in [2.05, 4.69) is 20.3 Å². The standard InChI is InChI=1S/C20H23FN6O/c1-13-8-19(23-18-9-14(21)4-5-17(13)18)26-6-7-27-16(12-26)10-15(24-27)11-22-20(28)25(2)3/h4-5,8-10H,6-7,11-12H2,1-3H3,(H,22,28). The van der Waals surface area contributed by atoms with Crippen LogP contribution in [-0.4, -0.2) is 46.3 Å². The molecule has 0 saturated carbocycles. The molecule has 0 bridgehead atoms. The summed E-state index contributed by atoms with van der Waals surface area (Å²) in [6.07, 6.45) is 0. The highest BCUT2D eigenvalue weighted by molar-refractivity contribution is 5.84. The minimum Gasteiger partial charge on any atom is -0.349 e. The van der Waals surface area contributed by atoms with E-state index in [0.29, 0.717) is 18.6 Å². The molecular weight excluding hydrogens is 359 g/mol. The van der Waals surface area contributed by atoms with Gasteiger partial charge in [0.2, 0.25) is 0 Å². The Balaban J connectivity index is 1.54. The van der Waals surface area contributed by atoms with Crippen LogP contribution in [0.3, 0.4) is 0 Å². The maximum Gasteiger partial charge on any atom is 0.317 e. The molecule has 0 radical (unpaired) electrons. The zero-order valence-electron chi connectivity index (χ0n) is 16.2. The molecule has 0 unspecified atom stereocenters. The van der Waals surface area contributed by atoms with Crippen molar-refractivity contribution >= 4 is 22.8 Å². The second-order valence-corrected chi connectivity index (χ2v) is 7.28. The summed E-state index contributed by atoms with van der Waals surface area (Å²) in [5.74, 6) is 0.559. The van der Waals surface area contributed by atoms with Crippen molar-refractivity contribution < 1.29 is 9.18 Å². The molecule has 146 valence electrons. The lowest BCUT2D eigenvalue weighted by molar-refractivity contribution is 0.217. The number of anilines is 1. The number of hydrogen-bond acceptors (Lipinski definition) is 4. The van der Waals surface area contributed by atoms with Gasteiger partial charge >= 0.3 is 6.03 Å². The van der Waals surface area contributed by atoms with E-state index in [1.807, 2.05) is 23.7 Å². The number of pyridine rings is 1. The zero-order valence-corrected chi connectivity index (χ0v) is 16.2. The van der Waals surface area contributed by atoms with Crippen LogP contribution in [0.2, 0.25) is 0 Å². The smallest absolute Gasteiger partial charge is 0.317 e. The number of halogens is 1. The molecule has 0 atom stereocenters. The van der Waals surface area contributed by atoms with Crippen molar-refractivity contribution in [2.24, 2.45) is 0 Å². The first-order chi connectivity index (χ1) is 13.4. The van der Waals surface area contributed by atoms with Gasteiger partial charge in [0, 0.05) is 32.1 Å². The third-order valence-electron chi connectivity index (χ3n) is 4.96. The summed E-state index contributed by atoms with van der Waals surface area (Å²) >= 11 is 0. The number of benzene rings is 1. The van der Waals surface area contributed by atoms with Gasteiger partial charge < -0.3 is 15.1 Å². The van der Waals surface area contributed by atoms with Gasteiger partial charge in [-0.15, -0.1) is 0 Å². The quantitative estimate of drug-likeness (QED) is 0.756. The normalized spacial score (nSPS) is 13.5. The van der Waals surface area contributed by atoms with Gasteiger partial charge in [0.05, 0.1) is 36.5 Å². The van der Waals surface area contributed by atoms with Crippen LogP contribution < -0.4 is 10.2 Å². The Morgan fingerprint density at radius 2 is 2.07 bits per heavy atom. The topological polar surface area (TPSA) is 66.3 Å². The Hall–Kier alpha value is -3.16. The Labute approximate surface area is 162 Å². The SMILES string of the molecule is Cc1cc(N2CCn3nc(CNC(=O)N(C)C)cc3C2)nc2cc(F)ccc12. The van der Waals surface area contributed by atoms with Crippen LogP contribution in [0.5, 0.6) is 0 Å². The van der Waals surface area contributed by atoms with Gasteiger partial charge in [-0.05, 0) is 36.8 Å². The lowest BCUT2D eigenvalue weighted by atomic mass is 10.1. The van der Waals surface area contributed by atoms with E-state index in [4.69, 9.17) is 0 Å². The highest BCUT2D eigenvalue weighted by atomic mass is 19.1. The van der Waals surface area contributed by atoms with Crippen LogP contribution >= 0.6 is 0 Å². The van der Waals surface area contributed by atoms with Gasteiger partial charge in [-0.2, -0.15) is 5.10 Å². The summed E-state index contributed by atoms with van der Waals surface area (Å²) < 4.78 is 15.6. The van der Waals surface area contributed by atoms with E-state index >= 15 is 0 Å². The first kappa shape index (κ1) is 18.2. The van der Waals surface area contributed by atoms with Crippen molar-refractivity contribution in [3.05, 3.63) is 53.1 Å². The average Bonchev–Trinajstić information content (AvgIpc) is 3.07. The lowest BCUT2D eigenvalue weighted by Gasteiger charge is -2.29. The van der Waals surface area contributed by atoms with Crippen molar-refractivity contribution in [3.63, 3.8) is 0 Å². The molecule has 2 aromatic heterocycles. The van der Waals surface area contributed by atoms with Gasteiger partial charge in [-0.3, -0.25) is 4.68 Å². The second kappa shape index (κ2) is 7.10.